The summed E-state index contributed by atoms with van der Waals surface area (Å²) in [6.45, 7) is -1.36. The highest BCUT2D eigenvalue weighted by Crippen LogP contribution is 2.28. The smallest absolute Gasteiger partial charge is 0.387 e. The van der Waals surface area contributed by atoms with Gasteiger partial charge in [0.15, 0.2) is 0 Å². The number of nitrogens with one attached hydrogen (secondary N) is 2. The number of urea groups is 1. The zero-order chi connectivity index (χ0) is 20.8. The Morgan fingerprint density at radius 1 is 1.21 bits per heavy atom. The van der Waals surface area contributed by atoms with Crippen LogP contribution in [0.1, 0.15) is 24.0 Å². The molecule has 3 rings (SSSR count). The van der Waals surface area contributed by atoms with Crippen molar-refractivity contribution in [3.63, 3.8) is 0 Å². The number of nitrogens with zero attached hydrogens (tertiary/aromatic N) is 1. The first-order valence-corrected chi connectivity index (χ1v) is 9.43. The SMILES string of the molecule is O=C(NCc1cccc(CN2CCCC2=O)c1)Nc1ccc(OC(F)F)c(Cl)c1. The molecule has 6 nitrogen and oxygen atoms in total. The van der Waals surface area contributed by atoms with E-state index < -0.39 is 12.6 Å². The van der Waals surface area contributed by atoms with Gasteiger partial charge in [0.2, 0.25) is 5.91 Å². The molecule has 1 aliphatic heterocycles. The van der Waals surface area contributed by atoms with E-state index in [4.69, 9.17) is 11.6 Å². The molecule has 29 heavy (non-hydrogen) atoms. The zero-order valence-electron chi connectivity index (χ0n) is 15.5. The van der Waals surface area contributed by atoms with Gasteiger partial charge in [-0.05, 0) is 35.7 Å². The average Bonchev–Trinajstić information content (AvgIpc) is 3.07. The monoisotopic (exact) mass is 423 g/mol. The normalized spacial score (nSPS) is 13.7. The van der Waals surface area contributed by atoms with Crippen LogP contribution in [0.2, 0.25) is 5.02 Å². The lowest BCUT2D eigenvalue weighted by atomic mass is 10.1. The minimum absolute atomic E-state index is 0.0349. The first-order valence-electron chi connectivity index (χ1n) is 9.05. The van der Waals surface area contributed by atoms with Crippen LogP contribution in [-0.2, 0) is 17.9 Å². The van der Waals surface area contributed by atoms with E-state index >= 15 is 0 Å². The fourth-order valence-electron chi connectivity index (χ4n) is 3.06. The highest BCUT2D eigenvalue weighted by Gasteiger charge is 2.20. The number of likely N-dealkylation sites (tertiary alicyclic amines) is 1. The number of carbonyl (C=O) groups excluding carboxylic acids is 2. The third-order valence-corrected chi connectivity index (χ3v) is 4.69. The molecule has 0 saturated carbocycles. The summed E-state index contributed by atoms with van der Waals surface area (Å²) in [7, 11) is 0. The third kappa shape index (κ3) is 6.05. The van der Waals surface area contributed by atoms with Crippen LogP contribution >= 0.6 is 11.6 Å². The number of benzene rings is 2. The number of carbonyl (C=O) groups is 2. The van der Waals surface area contributed by atoms with Crippen molar-refractivity contribution in [1.82, 2.24) is 10.2 Å². The zero-order valence-corrected chi connectivity index (χ0v) is 16.2. The van der Waals surface area contributed by atoms with Gasteiger partial charge in [-0.15, -0.1) is 0 Å². The molecule has 0 radical (unpaired) electrons. The summed E-state index contributed by atoms with van der Waals surface area (Å²) in [5.41, 5.74) is 2.24. The Kier molecular flexibility index (Phi) is 6.87. The van der Waals surface area contributed by atoms with Crippen LogP contribution in [0.3, 0.4) is 0 Å². The molecule has 0 bridgehead atoms. The van der Waals surface area contributed by atoms with Gasteiger partial charge in [0.25, 0.3) is 0 Å². The first kappa shape index (κ1) is 20.9. The first-order chi connectivity index (χ1) is 13.9. The van der Waals surface area contributed by atoms with Crippen LogP contribution in [-0.4, -0.2) is 30.0 Å². The summed E-state index contributed by atoms with van der Waals surface area (Å²) in [6, 6.07) is 11.2. The topological polar surface area (TPSA) is 70.7 Å². The molecule has 0 unspecified atom stereocenters. The van der Waals surface area contributed by atoms with E-state index in [1.54, 1.807) is 0 Å². The molecule has 1 aliphatic rings. The van der Waals surface area contributed by atoms with Crippen molar-refractivity contribution in [1.29, 1.82) is 0 Å². The number of alkyl halides is 2. The molecular weight excluding hydrogens is 404 g/mol. The summed E-state index contributed by atoms with van der Waals surface area (Å²) in [5.74, 6) is -0.00235. The number of hydrogen-bond acceptors (Lipinski definition) is 3. The average molecular weight is 424 g/mol. The van der Waals surface area contributed by atoms with Crippen LogP contribution in [0.25, 0.3) is 0 Å². The molecule has 2 N–H and O–H groups in total. The minimum Gasteiger partial charge on any atom is -0.433 e. The molecule has 2 aromatic rings. The number of ether oxygens (including phenoxy) is 1. The molecule has 0 atom stereocenters. The van der Waals surface area contributed by atoms with Gasteiger partial charge in [0.1, 0.15) is 5.75 Å². The molecule has 3 amide bonds. The Hall–Kier alpha value is -2.87. The Morgan fingerprint density at radius 2 is 2.00 bits per heavy atom. The van der Waals surface area contributed by atoms with Crippen LogP contribution in [0.15, 0.2) is 42.5 Å². The lowest BCUT2D eigenvalue weighted by Gasteiger charge is -2.16. The standard InChI is InChI=1S/C20H20ClF2N3O3/c21-16-10-15(6-7-17(16)29-19(22)23)25-20(28)24-11-13-3-1-4-14(9-13)12-26-8-2-5-18(26)27/h1,3-4,6-7,9-10,19H,2,5,8,11-12H2,(H2,24,25,28). The van der Waals surface area contributed by atoms with Crippen molar-refractivity contribution >= 4 is 29.2 Å². The van der Waals surface area contributed by atoms with Gasteiger partial charge in [-0.2, -0.15) is 8.78 Å². The predicted octanol–water partition coefficient (Wildman–Crippen LogP) is 4.39. The number of anilines is 1. The molecule has 9 heteroatoms. The molecule has 154 valence electrons. The Morgan fingerprint density at radius 3 is 2.69 bits per heavy atom. The number of rotatable bonds is 7. The van der Waals surface area contributed by atoms with Crippen molar-refractivity contribution in [2.45, 2.75) is 32.5 Å². The third-order valence-electron chi connectivity index (χ3n) is 4.40. The summed E-state index contributed by atoms with van der Waals surface area (Å²) in [6.07, 6.45) is 1.49. The maximum Gasteiger partial charge on any atom is 0.387 e. The van der Waals surface area contributed by atoms with E-state index in [1.807, 2.05) is 29.2 Å². The van der Waals surface area contributed by atoms with Gasteiger partial charge in [-0.1, -0.05) is 35.9 Å². The van der Waals surface area contributed by atoms with E-state index in [0.29, 0.717) is 18.7 Å². The van der Waals surface area contributed by atoms with E-state index in [2.05, 4.69) is 15.4 Å². The second-order valence-corrected chi connectivity index (χ2v) is 6.98. The van der Waals surface area contributed by atoms with Gasteiger partial charge in [0.05, 0.1) is 5.02 Å². The van der Waals surface area contributed by atoms with Crippen LogP contribution < -0.4 is 15.4 Å². The largest absolute Gasteiger partial charge is 0.433 e. The molecule has 1 fully saturated rings. The maximum atomic E-state index is 12.3. The number of hydrogen-bond donors (Lipinski definition) is 2. The highest BCUT2D eigenvalue weighted by atomic mass is 35.5. The Balaban J connectivity index is 1.52. The quantitative estimate of drug-likeness (QED) is 0.694. The second-order valence-electron chi connectivity index (χ2n) is 6.57. The van der Waals surface area contributed by atoms with E-state index in [9.17, 15) is 18.4 Å². The van der Waals surface area contributed by atoms with Crippen LogP contribution in [0.4, 0.5) is 19.3 Å². The molecule has 0 aliphatic carbocycles. The second kappa shape index (κ2) is 9.56. The van der Waals surface area contributed by atoms with Gasteiger partial charge in [-0.25, -0.2) is 4.79 Å². The summed E-state index contributed by atoms with van der Waals surface area (Å²) in [5, 5.41) is 5.27. The Bertz CT molecular complexity index is 895. The molecule has 0 aromatic heterocycles. The number of amides is 3. The fraction of sp³-hybridized carbons (Fsp3) is 0.300. The summed E-state index contributed by atoms with van der Waals surface area (Å²) in [4.78, 5) is 25.7. The maximum absolute atomic E-state index is 12.3. The van der Waals surface area contributed by atoms with Crippen molar-refractivity contribution in [3.8, 4) is 5.75 Å². The highest BCUT2D eigenvalue weighted by molar-refractivity contribution is 6.32. The molecule has 0 spiro atoms. The fourth-order valence-corrected chi connectivity index (χ4v) is 3.28. The lowest BCUT2D eigenvalue weighted by Crippen LogP contribution is -2.28. The van der Waals surface area contributed by atoms with Gasteiger partial charge >= 0.3 is 12.6 Å². The van der Waals surface area contributed by atoms with Crippen molar-refractivity contribution in [2.75, 3.05) is 11.9 Å². The van der Waals surface area contributed by atoms with Crippen LogP contribution in [0.5, 0.6) is 5.75 Å². The van der Waals surface area contributed by atoms with Crippen molar-refractivity contribution in [3.05, 3.63) is 58.6 Å². The number of halogens is 3. The lowest BCUT2D eigenvalue weighted by molar-refractivity contribution is -0.128. The van der Waals surface area contributed by atoms with E-state index in [-0.39, 0.29) is 23.2 Å². The van der Waals surface area contributed by atoms with Crippen LogP contribution in [0, 0.1) is 0 Å². The van der Waals surface area contributed by atoms with E-state index in [0.717, 1.165) is 24.1 Å². The summed E-state index contributed by atoms with van der Waals surface area (Å²) < 4.78 is 28.8. The van der Waals surface area contributed by atoms with Crippen molar-refractivity contribution < 1.29 is 23.1 Å². The molecule has 2 aromatic carbocycles. The molecule has 1 heterocycles. The predicted molar refractivity (Wildman–Crippen MR) is 105 cm³/mol. The molecular formula is C20H20ClF2N3O3. The van der Waals surface area contributed by atoms with Gasteiger partial charge in [0, 0.05) is 31.7 Å². The van der Waals surface area contributed by atoms with Crippen molar-refractivity contribution in [2.24, 2.45) is 0 Å². The van der Waals surface area contributed by atoms with Gasteiger partial charge in [-0.3, -0.25) is 4.79 Å². The molecule has 1 saturated heterocycles. The minimum atomic E-state index is -2.98. The van der Waals surface area contributed by atoms with Gasteiger partial charge < -0.3 is 20.3 Å². The Labute approximate surface area is 171 Å². The summed E-state index contributed by atoms with van der Waals surface area (Å²) >= 11 is 5.87. The van der Waals surface area contributed by atoms with E-state index in [1.165, 1.54) is 18.2 Å².